The third-order valence-electron chi connectivity index (χ3n) is 7.56. The first-order valence-corrected chi connectivity index (χ1v) is 13.7. The fourth-order valence-corrected chi connectivity index (χ4v) is 5.47. The van der Waals surface area contributed by atoms with Crippen LogP contribution < -0.4 is 5.32 Å². The number of benzene rings is 2. The van der Waals surface area contributed by atoms with Crippen LogP contribution in [0.4, 0.5) is 0 Å². The molecule has 202 valence electrons. The largest absolute Gasteiger partial charge is 0.387 e. The molecule has 1 fully saturated rings. The molecule has 4 aromatic rings. The number of halogens is 1. The zero-order valence-corrected chi connectivity index (χ0v) is 23.0. The van der Waals surface area contributed by atoms with Crippen LogP contribution in [0.3, 0.4) is 0 Å². The Balaban J connectivity index is 1.22. The minimum atomic E-state index is -0.627. The normalized spacial score (nSPS) is 18.6. The molecule has 0 aliphatic carbocycles. The van der Waals surface area contributed by atoms with Crippen LogP contribution in [-0.2, 0) is 12.8 Å². The molecule has 2 aromatic carbocycles. The van der Waals surface area contributed by atoms with E-state index in [-0.39, 0.29) is 24.0 Å². The Bertz CT molecular complexity index is 1370. The molecule has 1 aliphatic heterocycles. The molecule has 5 rings (SSSR count). The van der Waals surface area contributed by atoms with E-state index < -0.39 is 6.10 Å². The number of carbonyl (C=O) groups excluding carboxylic acids is 1. The first-order valence-electron chi connectivity index (χ1n) is 13.3. The van der Waals surface area contributed by atoms with Gasteiger partial charge in [-0.15, -0.1) is 0 Å². The Morgan fingerprint density at radius 1 is 1.08 bits per heavy atom. The van der Waals surface area contributed by atoms with Gasteiger partial charge in [0.05, 0.1) is 17.8 Å². The molecule has 1 aliphatic rings. The maximum atomic E-state index is 13.5. The maximum absolute atomic E-state index is 13.5. The zero-order valence-electron chi connectivity index (χ0n) is 22.2. The van der Waals surface area contributed by atoms with E-state index in [4.69, 9.17) is 11.6 Å². The lowest BCUT2D eigenvalue weighted by atomic mass is 10.00. The van der Waals surface area contributed by atoms with Gasteiger partial charge in [0.25, 0.3) is 5.91 Å². The van der Waals surface area contributed by atoms with E-state index in [1.807, 2.05) is 68.6 Å². The van der Waals surface area contributed by atoms with Crippen LogP contribution in [0.15, 0.2) is 79.0 Å². The van der Waals surface area contributed by atoms with Gasteiger partial charge in [-0.25, -0.2) is 4.98 Å². The van der Waals surface area contributed by atoms with Gasteiger partial charge in [-0.1, -0.05) is 60.1 Å². The van der Waals surface area contributed by atoms with E-state index in [0.717, 1.165) is 47.3 Å². The lowest BCUT2D eigenvalue weighted by Gasteiger charge is -2.27. The van der Waals surface area contributed by atoms with Crippen LogP contribution in [0, 0.1) is 6.92 Å². The van der Waals surface area contributed by atoms with E-state index >= 15 is 0 Å². The van der Waals surface area contributed by atoms with Crippen LogP contribution in [0.25, 0.3) is 0 Å². The number of hydrogen-bond acceptors (Lipinski definition) is 5. The minimum absolute atomic E-state index is 0.0281. The number of aromatic amines is 1. The van der Waals surface area contributed by atoms with Gasteiger partial charge in [-0.3, -0.25) is 9.89 Å². The van der Waals surface area contributed by atoms with Crippen molar-refractivity contribution in [2.75, 3.05) is 7.05 Å². The molecule has 8 heteroatoms. The van der Waals surface area contributed by atoms with Crippen LogP contribution in [0.2, 0.25) is 5.15 Å². The highest BCUT2D eigenvalue weighted by Crippen LogP contribution is 2.28. The number of aliphatic hydroxyl groups excluding tert-OH is 1. The second-order valence-corrected chi connectivity index (χ2v) is 10.8. The van der Waals surface area contributed by atoms with Gasteiger partial charge in [0.1, 0.15) is 5.15 Å². The molecule has 0 saturated carbocycles. The Hall–Kier alpha value is -3.52. The number of rotatable bonds is 9. The number of aromatic nitrogens is 3. The predicted octanol–water partition coefficient (Wildman–Crippen LogP) is 5.22. The first-order chi connectivity index (χ1) is 18.9. The van der Waals surface area contributed by atoms with E-state index in [1.165, 1.54) is 0 Å². The molecule has 1 saturated heterocycles. The lowest BCUT2D eigenvalue weighted by molar-refractivity contribution is 0.0726. The van der Waals surface area contributed by atoms with Gasteiger partial charge in [0, 0.05) is 42.1 Å². The molecule has 39 heavy (non-hydrogen) atoms. The molecule has 7 nitrogen and oxygen atoms in total. The van der Waals surface area contributed by atoms with E-state index in [1.54, 1.807) is 17.2 Å². The van der Waals surface area contributed by atoms with Crippen molar-refractivity contribution in [3.05, 3.63) is 118 Å². The number of nitrogens with one attached hydrogen (secondary N) is 2. The van der Waals surface area contributed by atoms with Gasteiger partial charge >= 0.3 is 0 Å². The molecule has 3 heterocycles. The smallest absolute Gasteiger partial charge is 0.254 e. The van der Waals surface area contributed by atoms with Crippen molar-refractivity contribution >= 4 is 17.5 Å². The number of aryl methyl sites for hydroxylation is 1. The Kier molecular flexibility index (Phi) is 8.41. The highest BCUT2D eigenvalue weighted by atomic mass is 35.5. The maximum Gasteiger partial charge on any atom is 0.254 e. The van der Waals surface area contributed by atoms with Crippen LogP contribution in [-0.4, -0.2) is 50.2 Å². The standard InChI is InChI=1S/C31H34ClN5O2/c1-20-16-27(36-35-20)28(18-21-6-4-3-5-7-21)37(2)31(39)23-10-8-22(9-11-23)17-25-13-14-26(34-25)30(38)24-12-15-29(32)33-19-24/h3-12,15-16,19,25-26,28,30,34,38H,13-14,17-18H2,1-2H3,(H,35,36)/t25-,26+,28?,30?/m0/s1. The number of carbonyl (C=O) groups is 1. The summed E-state index contributed by atoms with van der Waals surface area (Å²) in [6.07, 6.45) is 4.36. The van der Waals surface area contributed by atoms with Crippen LogP contribution >= 0.6 is 11.6 Å². The summed E-state index contributed by atoms with van der Waals surface area (Å²) >= 11 is 5.88. The van der Waals surface area contributed by atoms with Crippen LogP contribution in [0.1, 0.15) is 63.4 Å². The number of amides is 1. The van der Waals surface area contributed by atoms with Gasteiger partial charge in [0.2, 0.25) is 0 Å². The average molecular weight is 544 g/mol. The van der Waals surface area contributed by atoms with Crippen molar-refractivity contribution in [1.29, 1.82) is 0 Å². The molecule has 0 spiro atoms. The van der Waals surface area contributed by atoms with Crippen molar-refractivity contribution in [3.63, 3.8) is 0 Å². The number of aliphatic hydroxyl groups is 1. The number of nitrogens with zero attached hydrogens (tertiary/aromatic N) is 3. The number of H-pyrrole nitrogens is 1. The zero-order chi connectivity index (χ0) is 27.4. The average Bonchev–Trinajstić information content (AvgIpc) is 3.61. The number of likely N-dealkylation sites (N-methyl/N-ethyl adjacent to an activating group) is 1. The second kappa shape index (κ2) is 12.1. The van der Waals surface area contributed by atoms with Gasteiger partial charge < -0.3 is 15.3 Å². The molecular weight excluding hydrogens is 510 g/mol. The van der Waals surface area contributed by atoms with Crippen molar-refractivity contribution in [2.24, 2.45) is 0 Å². The molecule has 4 atom stereocenters. The highest BCUT2D eigenvalue weighted by Gasteiger charge is 2.30. The molecule has 3 N–H and O–H groups in total. The fraction of sp³-hybridized carbons (Fsp3) is 0.323. The summed E-state index contributed by atoms with van der Waals surface area (Å²) in [5.74, 6) is -0.0399. The van der Waals surface area contributed by atoms with Gasteiger partial charge in [-0.2, -0.15) is 5.10 Å². The number of hydrogen-bond donors (Lipinski definition) is 3. The molecule has 2 unspecified atom stereocenters. The molecular formula is C31H34ClN5O2. The van der Waals surface area contributed by atoms with Crippen LogP contribution in [0.5, 0.6) is 0 Å². The van der Waals surface area contributed by atoms with Crippen molar-refractivity contribution in [1.82, 2.24) is 25.4 Å². The van der Waals surface area contributed by atoms with Gasteiger partial charge in [-0.05, 0) is 68.0 Å². The summed E-state index contributed by atoms with van der Waals surface area (Å²) in [5, 5.41) is 22.2. The summed E-state index contributed by atoms with van der Waals surface area (Å²) < 4.78 is 0. The Morgan fingerprint density at radius 2 is 1.85 bits per heavy atom. The minimum Gasteiger partial charge on any atom is -0.387 e. The van der Waals surface area contributed by atoms with Crippen molar-refractivity contribution < 1.29 is 9.90 Å². The third kappa shape index (κ3) is 6.56. The summed E-state index contributed by atoms with van der Waals surface area (Å²) in [6, 6.07) is 23.6. The highest BCUT2D eigenvalue weighted by molar-refractivity contribution is 6.29. The summed E-state index contributed by atoms with van der Waals surface area (Å²) in [4.78, 5) is 19.4. The Morgan fingerprint density at radius 3 is 2.51 bits per heavy atom. The summed E-state index contributed by atoms with van der Waals surface area (Å²) in [5.41, 5.74) is 5.53. The SMILES string of the molecule is Cc1cc(C(Cc2ccccc2)N(C)C(=O)c2ccc(C[C@@H]3CC[C@H](C(O)c4ccc(Cl)nc4)N3)cc2)n[nH]1. The quantitative estimate of drug-likeness (QED) is 0.252. The van der Waals surface area contributed by atoms with E-state index in [9.17, 15) is 9.90 Å². The molecule has 2 aromatic heterocycles. The first kappa shape index (κ1) is 27.1. The Labute approximate surface area is 234 Å². The van der Waals surface area contributed by atoms with Crippen molar-refractivity contribution in [2.45, 2.75) is 56.8 Å². The van der Waals surface area contributed by atoms with Gasteiger partial charge in [0.15, 0.2) is 0 Å². The second-order valence-electron chi connectivity index (χ2n) is 10.4. The van der Waals surface area contributed by atoms with E-state index in [0.29, 0.717) is 17.1 Å². The monoisotopic (exact) mass is 543 g/mol. The summed E-state index contributed by atoms with van der Waals surface area (Å²) in [7, 11) is 1.85. The topological polar surface area (TPSA) is 94.1 Å². The number of pyridine rings is 1. The molecule has 0 radical (unpaired) electrons. The summed E-state index contributed by atoms with van der Waals surface area (Å²) in [6.45, 7) is 1.97. The fourth-order valence-electron chi connectivity index (χ4n) is 5.35. The van der Waals surface area contributed by atoms with E-state index in [2.05, 4.69) is 32.6 Å². The molecule has 0 bridgehead atoms. The predicted molar refractivity (Wildman–Crippen MR) is 153 cm³/mol. The third-order valence-corrected chi connectivity index (χ3v) is 7.78. The molecule has 1 amide bonds. The van der Waals surface area contributed by atoms with Crippen molar-refractivity contribution in [3.8, 4) is 0 Å². The lowest BCUT2D eigenvalue weighted by Crippen LogP contribution is -2.35.